The number of aliphatic hydroxyl groups excluding tert-OH is 1. The van der Waals surface area contributed by atoms with Gasteiger partial charge < -0.3 is 14.6 Å². The maximum atomic E-state index is 11.9. The summed E-state index contributed by atoms with van der Waals surface area (Å²) in [5.41, 5.74) is 0. The Morgan fingerprint density at radius 1 is 0.568 bits per heavy atom. The highest BCUT2D eigenvalue weighted by molar-refractivity contribution is 5.69. The molecule has 0 heterocycles. The van der Waals surface area contributed by atoms with Crippen molar-refractivity contribution in [2.24, 2.45) is 5.92 Å². The van der Waals surface area contributed by atoms with Gasteiger partial charge in [0.25, 0.3) is 0 Å². The number of carbonyl (C=O) groups excluding carboxylic acids is 1. The number of unbranched alkanes of at least 4 members (excludes halogenated alkanes) is 19. The van der Waals surface area contributed by atoms with Crippen molar-refractivity contribution < 1.29 is 19.4 Å². The molecule has 1 N–H and O–H groups in total. The van der Waals surface area contributed by atoms with E-state index < -0.39 is 6.10 Å². The number of aliphatic hydroxyl groups is 1. The van der Waals surface area contributed by atoms with E-state index >= 15 is 0 Å². The first-order valence-electron chi connectivity index (χ1n) is 16.5. The van der Waals surface area contributed by atoms with Crippen LogP contribution in [-0.4, -0.2) is 37.0 Å². The van der Waals surface area contributed by atoms with Gasteiger partial charge in [-0.15, -0.1) is 0 Å². The number of carbonyl (C=O) groups is 1. The van der Waals surface area contributed by atoms with Gasteiger partial charge in [0.15, 0.2) is 0 Å². The van der Waals surface area contributed by atoms with Crippen molar-refractivity contribution in [2.75, 3.05) is 19.8 Å². The molecular formula is C33H66O4. The fourth-order valence-corrected chi connectivity index (χ4v) is 4.93. The first-order chi connectivity index (χ1) is 18.1. The van der Waals surface area contributed by atoms with E-state index in [-0.39, 0.29) is 19.2 Å². The first-order valence-corrected chi connectivity index (χ1v) is 16.5. The third-order valence-electron chi connectivity index (χ3n) is 7.63. The molecule has 0 aromatic heterocycles. The lowest BCUT2D eigenvalue weighted by atomic mass is 10.0. The summed E-state index contributed by atoms with van der Waals surface area (Å²) in [5.74, 6) is 0.365. The van der Waals surface area contributed by atoms with Gasteiger partial charge in [0, 0.05) is 13.0 Å². The molecule has 222 valence electrons. The van der Waals surface area contributed by atoms with Crippen LogP contribution < -0.4 is 0 Å². The molecule has 0 amide bonds. The predicted octanol–water partition coefficient (Wildman–Crippen LogP) is 9.95. The zero-order valence-electron chi connectivity index (χ0n) is 25.4. The SMILES string of the molecule is CCCCCCCCCCCCCCCCCCCCCC(=O)OCC(O)COCC(CC)CCCC. The van der Waals surface area contributed by atoms with Crippen molar-refractivity contribution in [1.29, 1.82) is 0 Å². The number of hydrogen-bond donors (Lipinski definition) is 1. The molecule has 4 heteroatoms. The van der Waals surface area contributed by atoms with Crippen LogP contribution in [0.3, 0.4) is 0 Å². The van der Waals surface area contributed by atoms with Crippen molar-refractivity contribution in [2.45, 2.75) is 181 Å². The molecule has 0 saturated carbocycles. The third-order valence-corrected chi connectivity index (χ3v) is 7.63. The Balaban J connectivity index is 3.33. The molecule has 4 nitrogen and oxygen atoms in total. The van der Waals surface area contributed by atoms with E-state index in [1.807, 2.05) is 0 Å². The standard InChI is InChI=1S/C33H66O4/c1-4-7-9-10-11-12-13-14-15-16-17-18-19-20-21-22-23-24-25-27-33(35)37-30-32(34)29-36-28-31(6-3)26-8-5-2/h31-32,34H,4-30H2,1-3H3. The quantitative estimate of drug-likeness (QED) is 0.0747. The summed E-state index contributed by atoms with van der Waals surface area (Å²) in [6, 6.07) is 0. The zero-order chi connectivity index (χ0) is 27.2. The fourth-order valence-electron chi connectivity index (χ4n) is 4.93. The molecule has 0 radical (unpaired) electrons. The summed E-state index contributed by atoms with van der Waals surface area (Å²) in [4.78, 5) is 11.9. The smallest absolute Gasteiger partial charge is 0.305 e. The van der Waals surface area contributed by atoms with E-state index in [9.17, 15) is 9.90 Å². The van der Waals surface area contributed by atoms with Gasteiger partial charge in [0.05, 0.1) is 6.61 Å². The van der Waals surface area contributed by atoms with Crippen LogP contribution in [0.25, 0.3) is 0 Å². The Kier molecular flexibility index (Phi) is 29.4. The minimum Gasteiger partial charge on any atom is -0.463 e. The summed E-state index contributed by atoms with van der Waals surface area (Å²) in [7, 11) is 0. The maximum Gasteiger partial charge on any atom is 0.305 e. The van der Waals surface area contributed by atoms with Crippen LogP contribution in [0.5, 0.6) is 0 Å². The number of esters is 1. The molecule has 0 rings (SSSR count). The second-order valence-corrected chi connectivity index (χ2v) is 11.4. The van der Waals surface area contributed by atoms with Gasteiger partial charge in [-0.05, 0) is 18.8 Å². The molecule has 0 aliphatic carbocycles. The Labute approximate surface area is 232 Å². The average molecular weight is 527 g/mol. The van der Waals surface area contributed by atoms with Gasteiger partial charge in [-0.2, -0.15) is 0 Å². The largest absolute Gasteiger partial charge is 0.463 e. The summed E-state index contributed by atoms with van der Waals surface area (Å²) in [6.07, 6.45) is 30.1. The molecule has 0 aromatic rings. The van der Waals surface area contributed by atoms with E-state index in [1.165, 1.54) is 128 Å². The van der Waals surface area contributed by atoms with Crippen LogP contribution in [-0.2, 0) is 14.3 Å². The van der Waals surface area contributed by atoms with Gasteiger partial charge in [-0.3, -0.25) is 4.79 Å². The van der Waals surface area contributed by atoms with Crippen molar-refractivity contribution in [3.63, 3.8) is 0 Å². The molecule has 0 fully saturated rings. The molecule has 0 aromatic carbocycles. The van der Waals surface area contributed by atoms with Crippen LogP contribution in [0, 0.1) is 5.92 Å². The van der Waals surface area contributed by atoms with Crippen LogP contribution in [0.4, 0.5) is 0 Å². The van der Waals surface area contributed by atoms with Crippen molar-refractivity contribution in [3.8, 4) is 0 Å². The summed E-state index contributed by atoms with van der Waals surface area (Å²) in [5, 5.41) is 9.99. The summed E-state index contributed by atoms with van der Waals surface area (Å²) >= 11 is 0. The third kappa shape index (κ3) is 28.2. The lowest BCUT2D eigenvalue weighted by Crippen LogP contribution is -2.25. The second-order valence-electron chi connectivity index (χ2n) is 11.4. The minimum atomic E-state index is -0.724. The Morgan fingerprint density at radius 3 is 1.43 bits per heavy atom. The van der Waals surface area contributed by atoms with Gasteiger partial charge in [-0.25, -0.2) is 0 Å². The Morgan fingerprint density at radius 2 is 1.00 bits per heavy atom. The molecule has 0 bridgehead atoms. The number of ether oxygens (including phenoxy) is 2. The van der Waals surface area contributed by atoms with Crippen LogP contribution >= 0.6 is 0 Å². The summed E-state index contributed by atoms with van der Waals surface area (Å²) < 4.78 is 10.9. The second kappa shape index (κ2) is 29.9. The van der Waals surface area contributed by atoms with E-state index in [4.69, 9.17) is 9.47 Å². The van der Waals surface area contributed by atoms with Gasteiger partial charge in [0.2, 0.25) is 0 Å². The van der Waals surface area contributed by atoms with E-state index in [2.05, 4.69) is 20.8 Å². The van der Waals surface area contributed by atoms with Crippen molar-refractivity contribution in [3.05, 3.63) is 0 Å². The fraction of sp³-hybridized carbons (Fsp3) is 0.970. The predicted molar refractivity (Wildman–Crippen MR) is 159 cm³/mol. The molecule has 0 spiro atoms. The molecule has 0 saturated heterocycles. The number of rotatable bonds is 30. The highest BCUT2D eigenvalue weighted by atomic mass is 16.5. The molecule has 2 atom stereocenters. The Bertz CT molecular complexity index is 454. The monoisotopic (exact) mass is 526 g/mol. The molecular weight excluding hydrogens is 460 g/mol. The maximum absolute atomic E-state index is 11.9. The van der Waals surface area contributed by atoms with E-state index in [0.717, 1.165) is 19.3 Å². The van der Waals surface area contributed by atoms with E-state index in [1.54, 1.807) is 0 Å². The molecule has 0 aliphatic rings. The Hall–Kier alpha value is -0.610. The lowest BCUT2D eigenvalue weighted by molar-refractivity contribution is -0.148. The average Bonchev–Trinajstić information content (AvgIpc) is 2.90. The van der Waals surface area contributed by atoms with Crippen LogP contribution in [0.2, 0.25) is 0 Å². The number of hydrogen-bond acceptors (Lipinski definition) is 4. The topological polar surface area (TPSA) is 55.8 Å². The first kappa shape index (κ1) is 36.4. The summed E-state index contributed by atoms with van der Waals surface area (Å²) in [6.45, 7) is 7.64. The van der Waals surface area contributed by atoms with Gasteiger partial charge >= 0.3 is 5.97 Å². The van der Waals surface area contributed by atoms with Gasteiger partial charge in [-0.1, -0.05) is 156 Å². The van der Waals surface area contributed by atoms with Gasteiger partial charge in [0.1, 0.15) is 12.7 Å². The van der Waals surface area contributed by atoms with Crippen LogP contribution in [0.1, 0.15) is 175 Å². The van der Waals surface area contributed by atoms with E-state index in [0.29, 0.717) is 18.9 Å². The molecule has 37 heavy (non-hydrogen) atoms. The molecule has 2 unspecified atom stereocenters. The van der Waals surface area contributed by atoms with Crippen molar-refractivity contribution in [1.82, 2.24) is 0 Å². The highest BCUT2D eigenvalue weighted by Crippen LogP contribution is 2.15. The molecule has 0 aliphatic heterocycles. The highest BCUT2D eigenvalue weighted by Gasteiger charge is 2.11. The van der Waals surface area contributed by atoms with Crippen LogP contribution in [0.15, 0.2) is 0 Å². The minimum absolute atomic E-state index is 0.0453. The zero-order valence-corrected chi connectivity index (χ0v) is 25.4. The lowest BCUT2D eigenvalue weighted by Gasteiger charge is -2.17. The van der Waals surface area contributed by atoms with Crippen molar-refractivity contribution >= 4 is 5.97 Å². The normalized spacial score (nSPS) is 13.1.